The minimum Gasteiger partial charge on any atom is -0.495 e. The second-order valence-electron chi connectivity index (χ2n) is 5.00. The molecule has 5 nitrogen and oxygen atoms in total. The minimum atomic E-state index is 0.155. The largest absolute Gasteiger partial charge is 0.495 e. The molecule has 2 heterocycles. The fourth-order valence-electron chi connectivity index (χ4n) is 2.85. The van der Waals surface area contributed by atoms with Crippen molar-refractivity contribution in [2.45, 2.75) is 6.04 Å². The van der Waals surface area contributed by atoms with E-state index in [0.717, 1.165) is 37.6 Å². The number of carbonyl (C=O) groups excluding carboxylic acids is 1. The van der Waals surface area contributed by atoms with Gasteiger partial charge in [0.1, 0.15) is 5.75 Å². The van der Waals surface area contributed by atoms with Crippen LogP contribution in [0.1, 0.15) is 0 Å². The molecule has 2 aliphatic rings. The van der Waals surface area contributed by atoms with Crippen molar-refractivity contribution in [2.24, 2.45) is 0 Å². The molecule has 1 unspecified atom stereocenters. The highest BCUT2D eigenvalue weighted by Gasteiger charge is 2.34. The van der Waals surface area contributed by atoms with Gasteiger partial charge >= 0.3 is 0 Å². The lowest BCUT2D eigenvalue weighted by atomic mass is 10.1. The Morgan fingerprint density at radius 3 is 3.05 bits per heavy atom. The van der Waals surface area contributed by atoms with Gasteiger partial charge in [0, 0.05) is 32.2 Å². The summed E-state index contributed by atoms with van der Waals surface area (Å²) in [5.41, 5.74) is 0.875. The van der Waals surface area contributed by atoms with Gasteiger partial charge in [0.2, 0.25) is 5.91 Å². The van der Waals surface area contributed by atoms with Crippen LogP contribution in [0, 0.1) is 0 Å². The third-order valence-electron chi connectivity index (χ3n) is 3.88. The second-order valence-corrected chi connectivity index (χ2v) is 5.00. The van der Waals surface area contributed by atoms with Crippen molar-refractivity contribution in [3.05, 3.63) is 24.3 Å². The molecule has 0 saturated carbocycles. The van der Waals surface area contributed by atoms with Crippen molar-refractivity contribution in [3.8, 4) is 5.75 Å². The topological polar surface area (TPSA) is 44.8 Å². The van der Waals surface area contributed by atoms with Gasteiger partial charge in [-0.25, -0.2) is 0 Å². The highest BCUT2D eigenvalue weighted by atomic mass is 16.5. The molecule has 0 aliphatic carbocycles. The zero-order chi connectivity index (χ0) is 13.2. The van der Waals surface area contributed by atoms with E-state index in [9.17, 15) is 4.79 Å². The van der Waals surface area contributed by atoms with Crippen molar-refractivity contribution in [1.82, 2.24) is 10.2 Å². The number of carbonyl (C=O) groups is 1. The molecule has 19 heavy (non-hydrogen) atoms. The lowest BCUT2D eigenvalue weighted by molar-refractivity contribution is -0.122. The monoisotopic (exact) mass is 261 g/mol. The van der Waals surface area contributed by atoms with E-state index in [2.05, 4.69) is 10.2 Å². The summed E-state index contributed by atoms with van der Waals surface area (Å²) >= 11 is 0. The standard InChI is InChI=1S/C14H19N3O2/c1-19-13-5-3-2-4-12(13)17-9-11-8-15-6-7-16(11)10-14(17)18/h2-5,11,15H,6-10H2,1H3. The van der Waals surface area contributed by atoms with Crippen LogP contribution < -0.4 is 15.0 Å². The molecule has 102 valence electrons. The van der Waals surface area contributed by atoms with Gasteiger partial charge in [0.25, 0.3) is 0 Å². The van der Waals surface area contributed by atoms with Crippen LogP contribution >= 0.6 is 0 Å². The quantitative estimate of drug-likeness (QED) is 0.832. The third-order valence-corrected chi connectivity index (χ3v) is 3.88. The van der Waals surface area contributed by atoms with Gasteiger partial charge < -0.3 is 15.0 Å². The molecular weight excluding hydrogens is 242 g/mol. The number of anilines is 1. The molecule has 1 aromatic carbocycles. The van der Waals surface area contributed by atoms with Gasteiger partial charge in [0.05, 0.1) is 19.3 Å². The Labute approximate surface area is 113 Å². The summed E-state index contributed by atoms with van der Waals surface area (Å²) in [6, 6.07) is 8.11. The lowest BCUT2D eigenvalue weighted by Gasteiger charge is -2.43. The number of nitrogens with zero attached hydrogens (tertiary/aromatic N) is 2. The molecule has 3 rings (SSSR count). The van der Waals surface area contributed by atoms with Gasteiger partial charge in [-0.05, 0) is 12.1 Å². The van der Waals surface area contributed by atoms with Crippen LogP contribution in [0.5, 0.6) is 5.75 Å². The number of hydrogen-bond acceptors (Lipinski definition) is 4. The van der Waals surface area contributed by atoms with E-state index in [1.807, 2.05) is 29.2 Å². The average molecular weight is 261 g/mol. The molecule has 2 aliphatic heterocycles. The van der Waals surface area contributed by atoms with Gasteiger partial charge in [0.15, 0.2) is 0 Å². The number of piperazine rings is 2. The van der Waals surface area contributed by atoms with Crippen LogP contribution in [0.4, 0.5) is 5.69 Å². The number of para-hydroxylation sites is 2. The van der Waals surface area contributed by atoms with Crippen LogP contribution in [0.3, 0.4) is 0 Å². The Morgan fingerprint density at radius 2 is 2.21 bits per heavy atom. The van der Waals surface area contributed by atoms with Gasteiger partial charge in [-0.2, -0.15) is 0 Å². The van der Waals surface area contributed by atoms with E-state index < -0.39 is 0 Å². The van der Waals surface area contributed by atoms with Crippen LogP contribution in [-0.4, -0.2) is 56.7 Å². The predicted octanol–water partition coefficient (Wildman–Crippen LogP) is 0.316. The van der Waals surface area contributed by atoms with E-state index in [-0.39, 0.29) is 5.91 Å². The summed E-state index contributed by atoms with van der Waals surface area (Å²) in [5, 5.41) is 3.39. The summed E-state index contributed by atoms with van der Waals surface area (Å²) < 4.78 is 5.36. The van der Waals surface area contributed by atoms with Crippen molar-refractivity contribution < 1.29 is 9.53 Å². The number of rotatable bonds is 2. The summed E-state index contributed by atoms with van der Waals surface area (Å²) in [7, 11) is 1.64. The molecular formula is C14H19N3O2. The maximum absolute atomic E-state index is 12.3. The van der Waals surface area contributed by atoms with Crippen LogP contribution in [-0.2, 0) is 4.79 Å². The maximum Gasteiger partial charge on any atom is 0.241 e. The molecule has 1 N–H and O–H groups in total. The summed E-state index contributed by atoms with van der Waals surface area (Å²) in [5.74, 6) is 0.913. The highest BCUT2D eigenvalue weighted by Crippen LogP contribution is 2.30. The minimum absolute atomic E-state index is 0.155. The number of methoxy groups -OCH3 is 1. The molecule has 0 bridgehead atoms. The zero-order valence-corrected chi connectivity index (χ0v) is 11.1. The van der Waals surface area contributed by atoms with Crippen molar-refractivity contribution in [2.75, 3.05) is 44.7 Å². The number of benzene rings is 1. The smallest absolute Gasteiger partial charge is 0.241 e. The third kappa shape index (κ3) is 2.31. The predicted molar refractivity (Wildman–Crippen MR) is 73.6 cm³/mol. The van der Waals surface area contributed by atoms with Crippen LogP contribution in [0.25, 0.3) is 0 Å². The van der Waals surface area contributed by atoms with E-state index in [4.69, 9.17) is 4.74 Å². The van der Waals surface area contributed by atoms with Crippen molar-refractivity contribution in [3.63, 3.8) is 0 Å². The Hall–Kier alpha value is -1.59. The molecule has 1 aromatic rings. The second kappa shape index (κ2) is 5.19. The molecule has 0 aromatic heterocycles. The van der Waals surface area contributed by atoms with Gasteiger partial charge in [-0.1, -0.05) is 12.1 Å². The Balaban J connectivity index is 1.86. The van der Waals surface area contributed by atoms with E-state index in [1.165, 1.54) is 0 Å². The maximum atomic E-state index is 12.3. The Kier molecular flexibility index (Phi) is 3.40. The molecule has 0 spiro atoms. The van der Waals surface area contributed by atoms with Crippen molar-refractivity contribution in [1.29, 1.82) is 0 Å². The van der Waals surface area contributed by atoms with Crippen molar-refractivity contribution >= 4 is 11.6 Å². The molecule has 1 atom stereocenters. The van der Waals surface area contributed by atoms with E-state index in [0.29, 0.717) is 12.6 Å². The fraction of sp³-hybridized carbons (Fsp3) is 0.500. The first-order chi connectivity index (χ1) is 9.29. The SMILES string of the molecule is COc1ccccc1N1CC2CNCCN2CC1=O. The molecule has 1 amide bonds. The van der Waals surface area contributed by atoms with E-state index in [1.54, 1.807) is 7.11 Å². The number of fused-ring (bicyclic) bond motifs is 1. The van der Waals surface area contributed by atoms with Gasteiger partial charge in [-0.15, -0.1) is 0 Å². The summed E-state index contributed by atoms with van der Waals surface area (Å²) in [4.78, 5) is 16.4. The average Bonchev–Trinajstić information content (AvgIpc) is 2.46. The fourth-order valence-corrected chi connectivity index (χ4v) is 2.85. The number of hydrogen-bond donors (Lipinski definition) is 1. The normalized spacial score (nSPS) is 24.2. The zero-order valence-electron chi connectivity index (χ0n) is 11.1. The molecule has 5 heteroatoms. The summed E-state index contributed by atoms with van der Waals surface area (Å²) in [6.45, 7) is 4.10. The first-order valence-electron chi connectivity index (χ1n) is 6.68. The van der Waals surface area contributed by atoms with Crippen LogP contribution in [0.15, 0.2) is 24.3 Å². The highest BCUT2D eigenvalue weighted by molar-refractivity contribution is 5.97. The van der Waals surface area contributed by atoms with Gasteiger partial charge in [-0.3, -0.25) is 9.69 Å². The Morgan fingerprint density at radius 1 is 1.37 bits per heavy atom. The van der Waals surface area contributed by atoms with E-state index >= 15 is 0 Å². The molecule has 2 saturated heterocycles. The Bertz CT molecular complexity index is 478. The lowest BCUT2D eigenvalue weighted by Crippen LogP contribution is -2.63. The van der Waals surface area contributed by atoms with Crippen LogP contribution in [0.2, 0.25) is 0 Å². The number of nitrogens with one attached hydrogen (secondary N) is 1. The molecule has 0 radical (unpaired) electrons. The number of amides is 1. The molecule has 2 fully saturated rings. The first kappa shape index (κ1) is 12.4. The number of ether oxygens (including phenoxy) is 1. The first-order valence-corrected chi connectivity index (χ1v) is 6.68. The summed E-state index contributed by atoms with van der Waals surface area (Å²) in [6.07, 6.45) is 0.